The van der Waals surface area contributed by atoms with Gasteiger partial charge in [-0.05, 0) is 56.0 Å². The maximum absolute atomic E-state index is 13.7. The Hall–Kier alpha value is -3.55. The molecular formula is C27H30FN3O4. The molecule has 1 amide bonds. The van der Waals surface area contributed by atoms with Gasteiger partial charge in [0, 0.05) is 43.4 Å². The molecule has 2 aliphatic rings. The summed E-state index contributed by atoms with van der Waals surface area (Å²) in [4.78, 5) is 31.3. The normalized spacial score (nSPS) is 16.0. The van der Waals surface area contributed by atoms with E-state index in [1.165, 1.54) is 24.4 Å². The Morgan fingerprint density at radius 1 is 1.03 bits per heavy atom. The maximum Gasteiger partial charge on any atom is 0.263 e. The Labute approximate surface area is 203 Å². The van der Waals surface area contributed by atoms with Crippen molar-refractivity contribution in [3.63, 3.8) is 0 Å². The first-order chi connectivity index (χ1) is 16.9. The molecule has 3 heterocycles. The van der Waals surface area contributed by atoms with Gasteiger partial charge in [0.1, 0.15) is 6.17 Å². The molecule has 184 valence electrons. The summed E-state index contributed by atoms with van der Waals surface area (Å²) in [6, 6.07) is 9.30. The molecule has 2 aliphatic heterocycles. The molecule has 3 aromatic rings. The van der Waals surface area contributed by atoms with Crippen molar-refractivity contribution >= 4 is 22.4 Å². The molecule has 0 saturated carbocycles. The van der Waals surface area contributed by atoms with Crippen LogP contribution in [0.25, 0.3) is 16.5 Å². The number of methoxy groups -OCH3 is 2. The van der Waals surface area contributed by atoms with Crippen LogP contribution in [0.5, 0.6) is 11.5 Å². The molecule has 0 radical (unpaired) electrons. The first-order valence-electron chi connectivity index (χ1n) is 12.1. The summed E-state index contributed by atoms with van der Waals surface area (Å²) >= 11 is 0. The van der Waals surface area contributed by atoms with E-state index in [1.54, 1.807) is 23.2 Å². The average Bonchev–Trinajstić information content (AvgIpc) is 3.30. The number of halogens is 1. The topological polar surface area (TPSA) is 64.0 Å². The SMILES string of the molecule is CCN1CCc2ccc(-n3cc(C(=O)N4CCC(F)CC4)c4cc(OC)c(OC)cc4c3=O)cc21. The fraction of sp³-hybridized carbons (Fsp3) is 0.407. The van der Waals surface area contributed by atoms with Crippen molar-refractivity contribution in [1.82, 2.24) is 9.47 Å². The zero-order valence-corrected chi connectivity index (χ0v) is 20.3. The molecule has 2 aromatic carbocycles. The van der Waals surface area contributed by atoms with E-state index < -0.39 is 6.17 Å². The Bertz CT molecular complexity index is 1340. The smallest absolute Gasteiger partial charge is 0.263 e. The van der Waals surface area contributed by atoms with Crippen LogP contribution in [0.4, 0.5) is 10.1 Å². The van der Waals surface area contributed by atoms with Crippen LogP contribution < -0.4 is 19.9 Å². The van der Waals surface area contributed by atoms with E-state index in [-0.39, 0.29) is 11.5 Å². The van der Waals surface area contributed by atoms with E-state index in [9.17, 15) is 14.0 Å². The molecule has 0 atom stereocenters. The van der Waals surface area contributed by atoms with Crippen molar-refractivity contribution in [1.29, 1.82) is 0 Å². The number of benzene rings is 2. The number of anilines is 1. The highest BCUT2D eigenvalue weighted by Gasteiger charge is 2.27. The number of carbonyl (C=O) groups is 1. The Kier molecular flexibility index (Phi) is 6.13. The number of piperidine rings is 1. The highest BCUT2D eigenvalue weighted by molar-refractivity contribution is 6.07. The zero-order chi connectivity index (χ0) is 24.7. The van der Waals surface area contributed by atoms with Crippen molar-refractivity contribution in [2.24, 2.45) is 0 Å². The second-order valence-corrected chi connectivity index (χ2v) is 9.08. The summed E-state index contributed by atoms with van der Waals surface area (Å²) in [7, 11) is 3.03. The lowest BCUT2D eigenvalue weighted by molar-refractivity contribution is 0.0668. The number of fused-ring (bicyclic) bond motifs is 2. The number of amides is 1. The Balaban J connectivity index is 1.71. The number of hydrogen-bond acceptors (Lipinski definition) is 5. The third kappa shape index (κ3) is 4.00. The molecule has 5 rings (SSSR count). The van der Waals surface area contributed by atoms with Gasteiger partial charge in [0.05, 0.1) is 30.9 Å². The van der Waals surface area contributed by atoms with Crippen LogP contribution in [-0.4, -0.2) is 61.9 Å². The number of aromatic nitrogens is 1. The fourth-order valence-corrected chi connectivity index (χ4v) is 5.16. The van der Waals surface area contributed by atoms with Crippen molar-refractivity contribution in [2.45, 2.75) is 32.4 Å². The molecule has 0 unspecified atom stereocenters. The maximum atomic E-state index is 13.7. The molecule has 1 aromatic heterocycles. The van der Waals surface area contributed by atoms with Gasteiger partial charge in [0.25, 0.3) is 11.5 Å². The molecule has 0 spiro atoms. The van der Waals surface area contributed by atoms with Crippen LogP contribution in [0, 0.1) is 0 Å². The van der Waals surface area contributed by atoms with Crippen LogP contribution >= 0.6 is 0 Å². The fourth-order valence-electron chi connectivity index (χ4n) is 5.16. The predicted octanol–water partition coefficient (Wildman–Crippen LogP) is 3.96. The summed E-state index contributed by atoms with van der Waals surface area (Å²) in [6.45, 7) is 4.64. The van der Waals surface area contributed by atoms with Crippen LogP contribution in [-0.2, 0) is 6.42 Å². The monoisotopic (exact) mass is 479 g/mol. The van der Waals surface area contributed by atoms with Gasteiger partial charge < -0.3 is 19.3 Å². The summed E-state index contributed by atoms with van der Waals surface area (Å²) in [5.74, 6) is 0.626. The highest BCUT2D eigenvalue weighted by atomic mass is 19.1. The molecule has 7 nitrogen and oxygen atoms in total. The first-order valence-corrected chi connectivity index (χ1v) is 12.1. The minimum atomic E-state index is -0.887. The van der Waals surface area contributed by atoms with Crippen LogP contribution in [0.1, 0.15) is 35.7 Å². The minimum Gasteiger partial charge on any atom is -0.493 e. The third-order valence-electron chi connectivity index (χ3n) is 7.18. The van der Waals surface area contributed by atoms with Crippen LogP contribution in [0.2, 0.25) is 0 Å². The zero-order valence-electron chi connectivity index (χ0n) is 20.3. The number of pyridine rings is 1. The lowest BCUT2D eigenvalue weighted by atomic mass is 10.0. The van der Waals surface area contributed by atoms with Gasteiger partial charge in [0.15, 0.2) is 11.5 Å². The highest BCUT2D eigenvalue weighted by Crippen LogP contribution is 2.34. The van der Waals surface area contributed by atoms with E-state index >= 15 is 0 Å². The van der Waals surface area contributed by atoms with E-state index in [0.29, 0.717) is 59.5 Å². The van der Waals surface area contributed by atoms with Crippen molar-refractivity contribution in [2.75, 3.05) is 45.3 Å². The molecule has 0 bridgehead atoms. The third-order valence-corrected chi connectivity index (χ3v) is 7.18. The standard InChI is InChI=1S/C27H30FN3O4/c1-4-29-10-7-17-5-6-19(13-23(17)29)31-16-22(26(32)30-11-8-18(28)9-12-30)20-14-24(34-2)25(35-3)15-21(20)27(31)33/h5-6,13-16,18H,4,7-12H2,1-3H3. The van der Waals surface area contributed by atoms with E-state index in [0.717, 1.165) is 25.2 Å². The predicted molar refractivity (Wildman–Crippen MR) is 134 cm³/mol. The largest absolute Gasteiger partial charge is 0.493 e. The second kappa shape index (κ2) is 9.24. The molecule has 1 saturated heterocycles. The van der Waals surface area contributed by atoms with Gasteiger partial charge in [-0.3, -0.25) is 14.2 Å². The number of alkyl halides is 1. The van der Waals surface area contributed by atoms with E-state index in [2.05, 4.69) is 17.9 Å². The van der Waals surface area contributed by atoms with Gasteiger partial charge >= 0.3 is 0 Å². The molecule has 8 heteroatoms. The summed E-state index contributed by atoms with van der Waals surface area (Å²) in [6.07, 6.45) is 2.34. The number of carbonyl (C=O) groups excluding carboxylic acids is 1. The van der Waals surface area contributed by atoms with Crippen molar-refractivity contribution in [3.05, 3.63) is 58.0 Å². The number of nitrogens with zero attached hydrogens (tertiary/aromatic N) is 3. The van der Waals surface area contributed by atoms with Crippen molar-refractivity contribution in [3.8, 4) is 17.2 Å². The lowest BCUT2D eigenvalue weighted by Gasteiger charge is -2.29. The molecule has 35 heavy (non-hydrogen) atoms. The first kappa shape index (κ1) is 23.2. The summed E-state index contributed by atoms with van der Waals surface area (Å²) in [5.41, 5.74) is 3.19. The number of hydrogen-bond donors (Lipinski definition) is 0. The van der Waals surface area contributed by atoms with Gasteiger partial charge in [-0.15, -0.1) is 0 Å². The van der Waals surface area contributed by atoms with Gasteiger partial charge in [0.2, 0.25) is 0 Å². The minimum absolute atomic E-state index is 0.223. The molecular weight excluding hydrogens is 449 g/mol. The van der Waals surface area contributed by atoms with Gasteiger partial charge in [-0.2, -0.15) is 0 Å². The van der Waals surface area contributed by atoms with Crippen molar-refractivity contribution < 1.29 is 18.7 Å². The van der Waals surface area contributed by atoms with E-state index in [4.69, 9.17) is 9.47 Å². The lowest BCUT2D eigenvalue weighted by Crippen LogP contribution is -2.39. The quantitative estimate of drug-likeness (QED) is 0.554. The Morgan fingerprint density at radius 2 is 1.71 bits per heavy atom. The van der Waals surface area contributed by atoms with Crippen LogP contribution in [0.15, 0.2) is 41.3 Å². The number of rotatable bonds is 5. The second-order valence-electron chi connectivity index (χ2n) is 9.08. The van der Waals surface area contributed by atoms with Crippen LogP contribution in [0.3, 0.4) is 0 Å². The number of likely N-dealkylation sites (tertiary alicyclic amines) is 1. The summed E-state index contributed by atoms with van der Waals surface area (Å²) in [5, 5.41) is 0.856. The van der Waals surface area contributed by atoms with E-state index in [1.807, 2.05) is 12.1 Å². The molecule has 1 fully saturated rings. The van der Waals surface area contributed by atoms with Gasteiger partial charge in [-0.1, -0.05) is 6.07 Å². The van der Waals surface area contributed by atoms with Gasteiger partial charge in [-0.25, -0.2) is 4.39 Å². The molecule has 0 aliphatic carbocycles. The average molecular weight is 480 g/mol. The Morgan fingerprint density at radius 3 is 2.37 bits per heavy atom. The number of likely N-dealkylation sites (N-methyl/N-ethyl adjacent to an activating group) is 1. The summed E-state index contributed by atoms with van der Waals surface area (Å²) < 4.78 is 26.2. The molecule has 0 N–H and O–H groups in total. The number of ether oxygens (including phenoxy) is 2.